The molecule has 8 nitrogen and oxygen atoms in total. The summed E-state index contributed by atoms with van der Waals surface area (Å²) < 4.78 is 0. The summed E-state index contributed by atoms with van der Waals surface area (Å²) in [5.74, 6) is 0.971. The quantitative estimate of drug-likeness (QED) is 0.445. The summed E-state index contributed by atoms with van der Waals surface area (Å²) in [4.78, 5) is 35.8. The molecule has 8 heteroatoms. The average molecular weight is 535 g/mol. The van der Waals surface area contributed by atoms with Crippen molar-refractivity contribution >= 4 is 23.3 Å². The number of nitrogens with one attached hydrogen (secondary N) is 3. The fourth-order valence-corrected chi connectivity index (χ4v) is 5.85. The Bertz CT molecular complexity index is 1140. The molecule has 2 fully saturated rings. The van der Waals surface area contributed by atoms with E-state index in [-0.39, 0.29) is 35.7 Å². The maximum absolute atomic E-state index is 13.6. The second-order valence-corrected chi connectivity index (χ2v) is 11.7. The zero-order valence-corrected chi connectivity index (χ0v) is 24.5. The Morgan fingerprint density at radius 2 is 1.90 bits per heavy atom. The number of hydrogen-bond donors (Lipinski definition) is 3. The van der Waals surface area contributed by atoms with E-state index in [0.717, 1.165) is 73.6 Å². The number of nitrogens with zero attached hydrogens (tertiary/aromatic N) is 3. The highest BCUT2D eigenvalue weighted by Gasteiger charge is 2.34. The molecule has 3 unspecified atom stereocenters. The number of carbonyl (C=O) groups excluding carboxylic acids is 2. The average Bonchev–Trinajstić information content (AvgIpc) is 2.89. The van der Waals surface area contributed by atoms with E-state index in [1.54, 1.807) is 0 Å². The van der Waals surface area contributed by atoms with E-state index in [1.807, 2.05) is 19.2 Å². The third kappa shape index (κ3) is 7.10. The maximum Gasteiger partial charge on any atom is 0.251 e. The SMILES string of the molecule is CCCC1CC(C)NC(=O)C1CNC(=O)c1cc(-c2ccc(N3CCN(C)CC3)nc2)cc(NC(C)C)c1C. The van der Waals surface area contributed by atoms with Gasteiger partial charge >= 0.3 is 0 Å². The lowest BCUT2D eigenvalue weighted by Crippen LogP contribution is -2.51. The molecule has 0 radical (unpaired) electrons. The van der Waals surface area contributed by atoms with Crippen molar-refractivity contribution in [1.29, 1.82) is 0 Å². The van der Waals surface area contributed by atoms with Gasteiger partial charge in [0, 0.05) is 67.8 Å². The van der Waals surface area contributed by atoms with Gasteiger partial charge in [0.2, 0.25) is 5.91 Å². The lowest BCUT2D eigenvalue weighted by Gasteiger charge is -2.35. The number of aromatic nitrogens is 1. The number of benzene rings is 1. The number of carbonyl (C=O) groups is 2. The molecule has 2 aromatic rings. The number of piperazine rings is 1. The minimum atomic E-state index is -0.201. The molecule has 2 saturated heterocycles. The van der Waals surface area contributed by atoms with Gasteiger partial charge in [-0.05, 0) is 88.9 Å². The van der Waals surface area contributed by atoms with Crippen molar-refractivity contribution in [2.75, 3.05) is 50.0 Å². The summed E-state index contributed by atoms with van der Waals surface area (Å²) in [6.45, 7) is 14.7. The third-order valence-electron chi connectivity index (χ3n) is 8.10. The Kier molecular flexibility index (Phi) is 9.49. The normalized spacial score (nSPS) is 22.1. The van der Waals surface area contributed by atoms with Crippen molar-refractivity contribution in [2.24, 2.45) is 11.8 Å². The van der Waals surface area contributed by atoms with E-state index in [0.29, 0.717) is 12.1 Å². The highest BCUT2D eigenvalue weighted by Crippen LogP contribution is 2.31. The van der Waals surface area contributed by atoms with E-state index < -0.39 is 0 Å². The molecule has 3 heterocycles. The van der Waals surface area contributed by atoms with Crippen LogP contribution < -0.4 is 20.9 Å². The fourth-order valence-electron chi connectivity index (χ4n) is 5.85. The first kappa shape index (κ1) is 28.9. The predicted molar refractivity (Wildman–Crippen MR) is 159 cm³/mol. The first-order valence-corrected chi connectivity index (χ1v) is 14.6. The van der Waals surface area contributed by atoms with E-state index >= 15 is 0 Å². The molecule has 0 aliphatic carbocycles. The number of rotatable bonds is 9. The Hall–Kier alpha value is -3.13. The minimum absolute atomic E-state index is 0.0478. The molecule has 3 N–H and O–H groups in total. The molecule has 212 valence electrons. The maximum atomic E-state index is 13.6. The van der Waals surface area contributed by atoms with Gasteiger partial charge < -0.3 is 25.8 Å². The molecule has 4 rings (SSSR count). The summed E-state index contributed by atoms with van der Waals surface area (Å²) in [6.07, 6.45) is 4.88. The first-order chi connectivity index (χ1) is 18.7. The van der Waals surface area contributed by atoms with Gasteiger partial charge in [0.15, 0.2) is 0 Å². The van der Waals surface area contributed by atoms with E-state index in [2.05, 4.69) is 78.7 Å². The molecular formula is C31H46N6O2. The van der Waals surface area contributed by atoms with Crippen LogP contribution in [0.1, 0.15) is 62.9 Å². The van der Waals surface area contributed by atoms with E-state index in [4.69, 9.17) is 4.98 Å². The fraction of sp³-hybridized carbons (Fsp3) is 0.581. The van der Waals surface area contributed by atoms with Gasteiger partial charge in [0.1, 0.15) is 5.82 Å². The summed E-state index contributed by atoms with van der Waals surface area (Å²) in [5.41, 5.74) is 4.37. The van der Waals surface area contributed by atoms with Gasteiger partial charge in [-0.15, -0.1) is 0 Å². The van der Waals surface area contributed by atoms with Crippen molar-refractivity contribution in [3.05, 3.63) is 41.6 Å². The largest absolute Gasteiger partial charge is 0.383 e. The molecule has 39 heavy (non-hydrogen) atoms. The molecule has 2 aliphatic heterocycles. The van der Waals surface area contributed by atoms with Crippen molar-refractivity contribution < 1.29 is 9.59 Å². The topological polar surface area (TPSA) is 89.6 Å². The van der Waals surface area contributed by atoms with Crippen LogP contribution in [0.3, 0.4) is 0 Å². The number of anilines is 2. The second-order valence-electron chi connectivity index (χ2n) is 11.7. The Labute approximate surface area is 233 Å². The van der Waals surface area contributed by atoms with Gasteiger partial charge in [-0.2, -0.15) is 0 Å². The molecule has 0 saturated carbocycles. The molecule has 1 aromatic carbocycles. The number of amides is 2. The van der Waals surface area contributed by atoms with Crippen molar-refractivity contribution in [1.82, 2.24) is 20.5 Å². The van der Waals surface area contributed by atoms with Gasteiger partial charge in [-0.1, -0.05) is 13.3 Å². The first-order valence-electron chi connectivity index (χ1n) is 14.6. The van der Waals surface area contributed by atoms with Crippen LogP contribution in [-0.4, -0.2) is 73.6 Å². The van der Waals surface area contributed by atoms with Crippen LogP contribution in [0.25, 0.3) is 11.1 Å². The minimum Gasteiger partial charge on any atom is -0.383 e. The molecule has 2 amide bonds. The summed E-state index contributed by atoms with van der Waals surface area (Å²) >= 11 is 0. The lowest BCUT2D eigenvalue weighted by molar-refractivity contribution is -0.129. The third-order valence-corrected chi connectivity index (χ3v) is 8.10. The van der Waals surface area contributed by atoms with Crippen molar-refractivity contribution in [3.63, 3.8) is 0 Å². The number of likely N-dealkylation sites (N-methyl/N-ethyl adjacent to an activating group) is 1. The molecule has 2 aliphatic rings. The predicted octanol–water partition coefficient (Wildman–Crippen LogP) is 4.30. The van der Waals surface area contributed by atoms with Gasteiger partial charge in [0.05, 0.1) is 5.92 Å². The number of piperidine rings is 1. The van der Waals surface area contributed by atoms with Crippen LogP contribution in [0.15, 0.2) is 30.5 Å². The van der Waals surface area contributed by atoms with Gasteiger partial charge in [-0.25, -0.2) is 4.98 Å². The smallest absolute Gasteiger partial charge is 0.251 e. The Morgan fingerprint density at radius 1 is 1.15 bits per heavy atom. The summed E-state index contributed by atoms with van der Waals surface area (Å²) in [6, 6.07) is 8.62. The van der Waals surface area contributed by atoms with E-state index in [9.17, 15) is 9.59 Å². The molecule has 1 aromatic heterocycles. The zero-order valence-electron chi connectivity index (χ0n) is 24.5. The monoisotopic (exact) mass is 534 g/mol. The number of pyridine rings is 1. The van der Waals surface area contributed by atoms with Crippen LogP contribution in [0.4, 0.5) is 11.5 Å². The molecular weight excluding hydrogens is 488 g/mol. The number of hydrogen-bond acceptors (Lipinski definition) is 6. The zero-order chi connectivity index (χ0) is 28.1. The second kappa shape index (κ2) is 12.8. The molecule has 0 spiro atoms. The van der Waals surface area contributed by atoms with Crippen LogP contribution in [0, 0.1) is 18.8 Å². The van der Waals surface area contributed by atoms with Crippen LogP contribution >= 0.6 is 0 Å². The van der Waals surface area contributed by atoms with E-state index in [1.165, 1.54) is 0 Å². The van der Waals surface area contributed by atoms with Crippen LogP contribution in [0.2, 0.25) is 0 Å². The van der Waals surface area contributed by atoms with Crippen LogP contribution in [-0.2, 0) is 4.79 Å². The Balaban J connectivity index is 1.56. The van der Waals surface area contributed by atoms with Crippen LogP contribution in [0.5, 0.6) is 0 Å². The Morgan fingerprint density at radius 3 is 2.54 bits per heavy atom. The highest BCUT2D eigenvalue weighted by molar-refractivity contribution is 5.99. The summed E-state index contributed by atoms with van der Waals surface area (Å²) in [7, 11) is 2.15. The molecule has 0 bridgehead atoms. The van der Waals surface area contributed by atoms with Crippen molar-refractivity contribution in [2.45, 2.75) is 66.0 Å². The van der Waals surface area contributed by atoms with Gasteiger partial charge in [-0.3, -0.25) is 9.59 Å². The molecule has 3 atom stereocenters. The highest BCUT2D eigenvalue weighted by atomic mass is 16.2. The van der Waals surface area contributed by atoms with Crippen molar-refractivity contribution in [3.8, 4) is 11.1 Å². The summed E-state index contributed by atoms with van der Waals surface area (Å²) in [5, 5.41) is 9.68. The lowest BCUT2D eigenvalue weighted by atomic mass is 9.80. The van der Waals surface area contributed by atoms with Gasteiger partial charge in [0.25, 0.3) is 5.91 Å². The standard InChI is InChI=1S/C31H46N6O2/c1-7-8-23-15-21(4)35-31(39)27(23)19-33-30(38)26-16-25(17-28(22(26)5)34-20(2)3)24-9-10-29(32-18-24)37-13-11-36(6)12-14-37/h9-10,16-18,20-21,23,27,34H,7-8,11-15,19H2,1-6H3,(H,33,38)(H,35,39).